The minimum atomic E-state index is -4.84. The van der Waals surface area contributed by atoms with E-state index in [1.165, 1.54) is 18.5 Å². The Hall–Kier alpha value is -4.73. The summed E-state index contributed by atoms with van der Waals surface area (Å²) in [5, 5.41) is 25.4. The van der Waals surface area contributed by atoms with E-state index in [4.69, 9.17) is 0 Å². The van der Waals surface area contributed by atoms with Crippen LogP contribution in [-0.2, 0) is 6.18 Å². The summed E-state index contributed by atoms with van der Waals surface area (Å²) in [6.45, 7) is 5.05. The van der Waals surface area contributed by atoms with Gasteiger partial charge < -0.3 is 10.6 Å². The molecule has 184 valence electrons. The maximum atomic E-state index is 13.5. The van der Waals surface area contributed by atoms with E-state index >= 15 is 0 Å². The van der Waals surface area contributed by atoms with Gasteiger partial charge in [-0.05, 0) is 38.5 Å². The third kappa shape index (κ3) is 4.48. The summed E-state index contributed by atoms with van der Waals surface area (Å²) in [5.74, 6) is -1.63. The van der Waals surface area contributed by atoms with Gasteiger partial charge in [0.25, 0.3) is 11.8 Å². The van der Waals surface area contributed by atoms with Gasteiger partial charge in [-0.2, -0.15) is 28.6 Å². The number of aromatic amines is 1. The Morgan fingerprint density at radius 3 is 2.61 bits per heavy atom. The number of anilines is 1. The van der Waals surface area contributed by atoms with Crippen molar-refractivity contribution < 1.29 is 22.8 Å². The smallest absolute Gasteiger partial charge is 0.350 e. The van der Waals surface area contributed by atoms with Crippen molar-refractivity contribution >= 4 is 28.4 Å². The lowest BCUT2D eigenvalue weighted by Crippen LogP contribution is -2.31. The Balaban J connectivity index is 1.88. The summed E-state index contributed by atoms with van der Waals surface area (Å²) in [4.78, 5) is 30.5. The summed E-state index contributed by atoms with van der Waals surface area (Å²) in [5.41, 5.74) is -1.43. The Bertz CT molecular complexity index is 1530. The van der Waals surface area contributed by atoms with Gasteiger partial charge in [0.15, 0.2) is 11.5 Å². The summed E-state index contributed by atoms with van der Waals surface area (Å²) in [6.07, 6.45) is -2.08. The molecule has 10 nitrogen and oxygen atoms in total. The van der Waals surface area contributed by atoms with Gasteiger partial charge in [0.1, 0.15) is 11.8 Å². The molecule has 0 unspecified atom stereocenters. The summed E-state index contributed by atoms with van der Waals surface area (Å²) in [6, 6.07) is 6.81. The van der Waals surface area contributed by atoms with E-state index in [9.17, 15) is 28.0 Å². The van der Waals surface area contributed by atoms with Crippen LogP contribution in [0.15, 0.2) is 36.7 Å². The second-order valence-electron chi connectivity index (χ2n) is 8.17. The number of carbonyl (C=O) groups is 2. The number of alkyl halides is 3. The SMILES string of the molecule is Cc1cccnc1-n1nc(C(F)(F)F)cc1C(=O)Nc1c(C#N)cc2cn[nH]c2c1C(=O)NC(C)C. The zero-order valence-electron chi connectivity index (χ0n) is 19.2. The minimum Gasteiger partial charge on any atom is -0.350 e. The molecule has 0 atom stereocenters. The minimum absolute atomic E-state index is 0.0143. The van der Waals surface area contributed by atoms with Crippen molar-refractivity contribution in [3.8, 4) is 11.9 Å². The van der Waals surface area contributed by atoms with Crippen molar-refractivity contribution in [3.05, 3.63) is 64.7 Å². The number of rotatable bonds is 5. The van der Waals surface area contributed by atoms with Crippen LogP contribution in [0.25, 0.3) is 16.7 Å². The van der Waals surface area contributed by atoms with E-state index in [1.807, 2.05) is 6.07 Å². The highest BCUT2D eigenvalue weighted by molar-refractivity contribution is 6.15. The van der Waals surface area contributed by atoms with Gasteiger partial charge in [-0.15, -0.1) is 0 Å². The number of nitrogens with one attached hydrogen (secondary N) is 3. The largest absolute Gasteiger partial charge is 0.435 e. The van der Waals surface area contributed by atoms with E-state index in [1.54, 1.807) is 32.9 Å². The van der Waals surface area contributed by atoms with Crippen molar-refractivity contribution in [1.29, 1.82) is 5.26 Å². The highest BCUT2D eigenvalue weighted by Crippen LogP contribution is 2.32. The number of hydrogen-bond acceptors (Lipinski definition) is 6. The number of nitriles is 1. The second-order valence-corrected chi connectivity index (χ2v) is 8.17. The molecule has 2 amide bonds. The quantitative estimate of drug-likeness (QED) is 0.384. The number of carbonyl (C=O) groups excluding carboxylic acids is 2. The molecule has 0 aliphatic carbocycles. The number of fused-ring (bicyclic) bond motifs is 1. The van der Waals surface area contributed by atoms with Crippen LogP contribution in [0.3, 0.4) is 0 Å². The standard InChI is InChI=1S/C23H19F3N8O2/c1-11(2)30-22(36)17-18(13(9-27)7-14-10-29-32-19(14)17)31-21(35)15-8-16(23(24,25)26)33-34(15)20-12(3)5-4-6-28-20/h4-8,10-11H,1-3H3,(H,29,32)(H,30,36)(H,31,35). The molecule has 4 aromatic rings. The molecule has 0 radical (unpaired) electrons. The van der Waals surface area contributed by atoms with Crippen molar-refractivity contribution in [2.75, 3.05) is 5.32 Å². The molecule has 0 aliphatic rings. The van der Waals surface area contributed by atoms with Gasteiger partial charge in [-0.3, -0.25) is 14.7 Å². The van der Waals surface area contributed by atoms with Crippen LogP contribution < -0.4 is 10.6 Å². The molecular formula is C23H19F3N8O2. The Morgan fingerprint density at radius 2 is 1.97 bits per heavy atom. The number of amides is 2. The normalized spacial score (nSPS) is 11.5. The summed E-state index contributed by atoms with van der Waals surface area (Å²) < 4.78 is 41.3. The van der Waals surface area contributed by atoms with Gasteiger partial charge in [-0.1, -0.05) is 6.07 Å². The van der Waals surface area contributed by atoms with Crippen molar-refractivity contribution in [3.63, 3.8) is 0 Å². The first-order valence-electron chi connectivity index (χ1n) is 10.6. The van der Waals surface area contributed by atoms with Crippen LogP contribution in [0.4, 0.5) is 18.9 Å². The average Bonchev–Trinajstić information content (AvgIpc) is 3.45. The number of nitrogens with zero attached hydrogens (tertiary/aromatic N) is 5. The molecule has 0 bridgehead atoms. The number of halogens is 3. The third-order valence-electron chi connectivity index (χ3n) is 5.16. The Kier molecular flexibility index (Phi) is 6.19. The fourth-order valence-electron chi connectivity index (χ4n) is 3.59. The lowest BCUT2D eigenvalue weighted by Gasteiger charge is -2.16. The molecule has 3 aromatic heterocycles. The Labute approximate surface area is 202 Å². The lowest BCUT2D eigenvalue weighted by atomic mass is 10.0. The van der Waals surface area contributed by atoms with Gasteiger partial charge in [-0.25, -0.2) is 9.67 Å². The topological polar surface area (TPSA) is 141 Å². The van der Waals surface area contributed by atoms with Crippen molar-refractivity contribution in [2.24, 2.45) is 0 Å². The zero-order valence-corrected chi connectivity index (χ0v) is 19.2. The number of aryl methyl sites for hydroxylation is 1. The molecule has 0 saturated heterocycles. The van der Waals surface area contributed by atoms with Gasteiger partial charge in [0.2, 0.25) is 0 Å². The van der Waals surface area contributed by atoms with E-state index < -0.39 is 29.4 Å². The van der Waals surface area contributed by atoms with Crippen molar-refractivity contribution in [2.45, 2.75) is 33.0 Å². The zero-order chi connectivity index (χ0) is 26.2. The second kappa shape index (κ2) is 9.14. The van der Waals surface area contributed by atoms with Crippen LogP contribution in [0, 0.1) is 18.3 Å². The molecule has 13 heteroatoms. The maximum absolute atomic E-state index is 13.5. The van der Waals surface area contributed by atoms with Crippen LogP contribution >= 0.6 is 0 Å². The van der Waals surface area contributed by atoms with Crippen LogP contribution in [0.5, 0.6) is 0 Å². The number of aromatic nitrogens is 5. The molecule has 3 N–H and O–H groups in total. The fraction of sp³-hybridized carbons (Fsp3) is 0.217. The van der Waals surface area contributed by atoms with E-state index in [0.717, 1.165) is 4.68 Å². The average molecular weight is 496 g/mol. The highest BCUT2D eigenvalue weighted by Gasteiger charge is 2.37. The first kappa shape index (κ1) is 24.4. The highest BCUT2D eigenvalue weighted by atomic mass is 19.4. The number of hydrogen-bond donors (Lipinski definition) is 3. The van der Waals surface area contributed by atoms with Crippen LogP contribution in [0.1, 0.15) is 51.5 Å². The molecule has 1 aromatic carbocycles. The maximum Gasteiger partial charge on any atom is 0.435 e. The summed E-state index contributed by atoms with van der Waals surface area (Å²) >= 11 is 0. The predicted octanol–water partition coefficient (Wildman–Crippen LogP) is 3.73. The monoisotopic (exact) mass is 496 g/mol. The molecule has 0 saturated carbocycles. The molecule has 4 rings (SSSR count). The lowest BCUT2D eigenvalue weighted by molar-refractivity contribution is -0.141. The molecular weight excluding hydrogens is 477 g/mol. The molecule has 0 spiro atoms. The van der Waals surface area contributed by atoms with Crippen LogP contribution in [-0.4, -0.2) is 42.8 Å². The van der Waals surface area contributed by atoms with E-state index in [0.29, 0.717) is 17.0 Å². The summed E-state index contributed by atoms with van der Waals surface area (Å²) in [7, 11) is 0. The molecule has 0 fully saturated rings. The first-order valence-corrected chi connectivity index (χ1v) is 10.6. The number of pyridine rings is 1. The molecule has 3 heterocycles. The number of H-pyrrole nitrogens is 1. The van der Waals surface area contributed by atoms with Crippen LogP contribution in [0.2, 0.25) is 0 Å². The van der Waals surface area contributed by atoms with Gasteiger partial charge in [0.05, 0.1) is 28.5 Å². The molecule has 0 aliphatic heterocycles. The Morgan fingerprint density at radius 1 is 1.22 bits per heavy atom. The number of benzene rings is 1. The van der Waals surface area contributed by atoms with E-state index in [-0.39, 0.29) is 34.2 Å². The molecule has 36 heavy (non-hydrogen) atoms. The van der Waals surface area contributed by atoms with Crippen molar-refractivity contribution in [1.82, 2.24) is 30.3 Å². The third-order valence-corrected chi connectivity index (χ3v) is 5.16. The predicted molar refractivity (Wildman–Crippen MR) is 122 cm³/mol. The fourth-order valence-corrected chi connectivity index (χ4v) is 3.59. The van der Waals surface area contributed by atoms with Gasteiger partial charge in [0, 0.05) is 23.7 Å². The van der Waals surface area contributed by atoms with Gasteiger partial charge >= 0.3 is 6.18 Å². The first-order chi connectivity index (χ1) is 17.0. The van der Waals surface area contributed by atoms with E-state index in [2.05, 4.69) is 30.9 Å².